The van der Waals surface area contributed by atoms with E-state index in [1.165, 1.54) is 0 Å². The Labute approximate surface area is 117 Å². The Balaban J connectivity index is 1.72. The molecule has 0 spiro atoms. The molecule has 0 saturated carbocycles. The number of amides is 1. The van der Waals surface area contributed by atoms with Crippen LogP contribution in [0, 0.1) is 0 Å². The molecule has 0 aliphatic carbocycles. The lowest BCUT2D eigenvalue weighted by Crippen LogP contribution is -2.25. The highest BCUT2D eigenvalue weighted by molar-refractivity contribution is 8.00. The molecule has 1 aromatic carbocycles. The maximum absolute atomic E-state index is 11.4. The summed E-state index contributed by atoms with van der Waals surface area (Å²) in [5, 5.41) is 6.50. The second-order valence-corrected chi connectivity index (χ2v) is 6.43. The second kappa shape index (κ2) is 5.06. The number of rotatable bonds is 2. The number of benzene rings is 1. The normalized spacial score (nSPS) is 26.9. The highest BCUT2D eigenvalue weighted by atomic mass is 32.2. The zero-order chi connectivity index (χ0) is 13.4. The summed E-state index contributed by atoms with van der Waals surface area (Å²) < 4.78 is 0. The molecule has 2 unspecified atom stereocenters. The minimum atomic E-state index is 0.0869. The molecule has 2 heterocycles. The third-order valence-corrected chi connectivity index (χ3v) is 4.94. The smallest absolute Gasteiger partial charge is 0.234 e. The number of likely N-dealkylation sites (tertiary alicyclic amines) is 1. The van der Waals surface area contributed by atoms with E-state index < -0.39 is 0 Å². The van der Waals surface area contributed by atoms with Gasteiger partial charge in [0.2, 0.25) is 5.91 Å². The number of fused-ring (bicyclic) bond motifs is 1. The topological polar surface area (TPSA) is 44.4 Å². The van der Waals surface area contributed by atoms with Crippen LogP contribution >= 0.6 is 11.8 Å². The SMILES string of the molecule is CC1CC(Nc2ccc3c(c2)NC(=O)CS3)CN1C. The highest BCUT2D eigenvalue weighted by Crippen LogP contribution is 2.34. The molecule has 3 rings (SSSR count). The van der Waals surface area contributed by atoms with Crippen LogP contribution in [0.25, 0.3) is 0 Å². The minimum absolute atomic E-state index is 0.0869. The van der Waals surface area contributed by atoms with Crippen LogP contribution in [-0.4, -0.2) is 42.2 Å². The number of carbonyl (C=O) groups excluding carboxylic acids is 1. The number of anilines is 2. The van der Waals surface area contributed by atoms with Gasteiger partial charge in [0, 0.05) is 29.2 Å². The van der Waals surface area contributed by atoms with Crippen molar-refractivity contribution in [1.29, 1.82) is 0 Å². The fourth-order valence-electron chi connectivity index (χ4n) is 2.71. The first-order chi connectivity index (χ1) is 9.11. The standard InChI is InChI=1S/C14H19N3OS/c1-9-5-11(7-17(9)2)15-10-3-4-13-12(6-10)16-14(18)8-19-13/h3-4,6,9,11,15H,5,7-8H2,1-2H3,(H,16,18). The molecule has 0 bridgehead atoms. The summed E-state index contributed by atoms with van der Waals surface area (Å²) in [5.74, 6) is 0.605. The maximum Gasteiger partial charge on any atom is 0.234 e. The molecule has 2 aliphatic rings. The predicted molar refractivity (Wildman–Crippen MR) is 79.9 cm³/mol. The van der Waals surface area contributed by atoms with Gasteiger partial charge in [0.05, 0.1) is 11.4 Å². The largest absolute Gasteiger partial charge is 0.381 e. The third kappa shape index (κ3) is 2.72. The molecule has 1 fully saturated rings. The number of thioether (sulfide) groups is 1. The van der Waals surface area contributed by atoms with Gasteiger partial charge in [0.1, 0.15) is 0 Å². The average Bonchev–Trinajstić information content (AvgIpc) is 2.67. The van der Waals surface area contributed by atoms with Crippen LogP contribution in [0.5, 0.6) is 0 Å². The zero-order valence-corrected chi connectivity index (χ0v) is 12.1. The van der Waals surface area contributed by atoms with Crippen molar-refractivity contribution in [2.45, 2.75) is 30.3 Å². The van der Waals surface area contributed by atoms with E-state index in [1.54, 1.807) is 11.8 Å². The van der Waals surface area contributed by atoms with E-state index >= 15 is 0 Å². The van der Waals surface area contributed by atoms with E-state index in [0.29, 0.717) is 17.8 Å². The van der Waals surface area contributed by atoms with E-state index in [1.807, 2.05) is 6.07 Å². The quantitative estimate of drug-likeness (QED) is 0.870. The number of nitrogens with zero attached hydrogens (tertiary/aromatic N) is 1. The first-order valence-corrected chi connectivity index (χ1v) is 7.64. The number of likely N-dealkylation sites (N-methyl/N-ethyl adjacent to an activating group) is 1. The molecular weight excluding hydrogens is 258 g/mol. The van der Waals surface area contributed by atoms with Crippen LogP contribution in [-0.2, 0) is 4.79 Å². The molecule has 2 aliphatic heterocycles. The minimum Gasteiger partial charge on any atom is -0.381 e. The van der Waals surface area contributed by atoms with E-state index in [0.717, 1.165) is 29.2 Å². The molecule has 1 amide bonds. The third-order valence-electron chi connectivity index (χ3n) is 3.87. The molecule has 5 heteroatoms. The molecule has 2 atom stereocenters. The molecule has 0 radical (unpaired) electrons. The Bertz CT molecular complexity index is 495. The first kappa shape index (κ1) is 12.8. The van der Waals surface area contributed by atoms with Gasteiger partial charge in [0.25, 0.3) is 0 Å². The fourth-order valence-corrected chi connectivity index (χ4v) is 3.50. The highest BCUT2D eigenvalue weighted by Gasteiger charge is 2.26. The molecule has 1 aromatic rings. The number of nitrogens with one attached hydrogen (secondary N) is 2. The van der Waals surface area contributed by atoms with Gasteiger partial charge in [-0.2, -0.15) is 0 Å². The Morgan fingerprint density at radius 1 is 1.47 bits per heavy atom. The van der Waals surface area contributed by atoms with Gasteiger partial charge >= 0.3 is 0 Å². The van der Waals surface area contributed by atoms with Crippen LogP contribution in [0.2, 0.25) is 0 Å². The lowest BCUT2D eigenvalue weighted by atomic mass is 10.1. The number of hydrogen-bond acceptors (Lipinski definition) is 4. The summed E-state index contributed by atoms with van der Waals surface area (Å²) in [6, 6.07) is 7.36. The summed E-state index contributed by atoms with van der Waals surface area (Å²) in [6.45, 7) is 3.32. The van der Waals surface area contributed by atoms with E-state index in [4.69, 9.17) is 0 Å². The van der Waals surface area contributed by atoms with Crippen molar-refractivity contribution in [1.82, 2.24) is 4.90 Å². The first-order valence-electron chi connectivity index (χ1n) is 6.65. The van der Waals surface area contributed by atoms with Crippen molar-refractivity contribution >= 4 is 29.0 Å². The predicted octanol–water partition coefficient (Wildman–Crippen LogP) is 2.24. The molecule has 2 N–H and O–H groups in total. The monoisotopic (exact) mass is 277 g/mol. The van der Waals surface area contributed by atoms with Gasteiger partial charge in [-0.3, -0.25) is 4.79 Å². The van der Waals surface area contributed by atoms with Gasteiger partial charge < -0.3 is 15.5 Å². The Morgan fingerprint density at radius 3 is 3.05 bits per heavy atom. The van der Waals surface area contributed by atoms with Crippen LogP contribution in [0.1, 0.15) is 13.3 Å². The Kier molecular flexibility index (Phi) is 3.41. The van der Waals surface area contributed by atoms with Gasteiger partial charge in [-0.1, -0.05) is 0 Å². The summed E-state index contributed by atoms with van der Waals surface area (Å²) in [6.07, 6.45) is 1.16. The number of carbonyl (C=O) groups is 1. The van der Waals surface area contributed by atoms with E-state index in [2.05, 4.69) is 41.6 Å². The Morgan fingerprint density at radius 2 is 2.32 bits per heavy atom. The number of hydrogen-bond donors (Lipinski definition) is 2. The summed E-state index contributed by atoms with van der Waals surface area (Å²) in [4.78, 5) is 14.9. The molecule has 102 valence electrons. The van der Waals surface area contributed by atoms with E-state index in [-0.39, 0.29) is 5.91 Å². The van der Waals surface area contributed by atoms with Gasteiger partial charge in [0.15, 0.2) is 0 Å². The van der Waals surface area contributed by atoms with E-state index in [9.17, 15) is 4.79 Å². The van der Waals surface area contributed by atoms with Crippen molar-refractivity contribution < 1.29 is 4.79 Å². The molecular formula is C14H19N3OS. The van der Waals surface area contributed by atoms with Crippen LogP contribution in [0.15, 0.2) is 23.1 Å². The van der Waals surface area contributed by atoms with Gasteiger partial charge in [-0.15, -0.1) is 11.8 Å². The Hall–Kier alpha value is -1.20. The van der Waals surface area contributed by atoms with Crippen molar-refractivity contribution in [2.75, 3.05) is 30.0 Å². The van der Waals surface area contributed by atoms with Gasteiger partial charge in [-0.25, -0.2) is 0 Å². The summed E-state index contributed by atoms with van der Waals surface area (Å²) in [5.41, 5.74) is 2.03. The second-order valence-electron chi connectivity index (χ2n) is 5.41. The maximum atomic E-state index is 11.4. The fraction of sp³-hybridized carbons (Fsp3) is 0.500. The van der Waals surface area contributed by atoms with Gasteiger partial charge in [-0.05, 0) is 38.6 Å². The molecule has 19 heavy (non-hydrogen) atoms. The molecule has 4 nitrogen and oxygen atoms in total. The van der Waals surface area contributed by atoms with Crippen molar-refractivity contribution in [3.05, 3.63) is 18.2 Å². The zero-order valence-electron chi connectivity index (χ0n) is 11.3. The summed E-state index contributed by atoms with van der Waals surface area (Å²) in [7, 11) is 2.16. The van der Waals surface area contributed by atoms with Crippen molar-refractivity contribution in [2.24, 2.45) is 0 Å². The molecule has 0 aromatic heterocycles. The van der Waals surface area contributed by atoms with Crippen LogP contribution in [0.4, 0.5) is 11.4 Å². The lowest BCUT2D eigenvalue weighted by molar-refractivity contribution is -0.113. The summed E-state index contributed by atoms with van der Waals surface area (Å²) >= 11 is 1.60. The van der Waals surface area contributed by atoms with Crippen LogP contribution < -0.4 is 10.6 Å². The lowest BCUT2D eigenvalue weighted by Gasteiger charge is -2.19. The van der Waals surface area contributed by atoms with Crippen molar-refractivity contribution in [3.63, 3.8) is 0 Å². The van der Waals surface area contributed by atoms with Crippen LogP contribution in [0.3, 0.4) is 0 Å². The molecule has 1 saturated heterocycles. The average molecular weight is 277 g/mol. The van der Waals surface area contributed by atoms with Crippen molar-refractivity contribution in [3.8, 4) is 0 Å².